The summed E-state index contributed by atoms with van der Waals surface area (Å²) in [5.74, 6) is 0.0571. The van der Waals surface area contributed by atoms with E-state index in [4.69, 9.17) is 11.6 Å². The number of nitrogens with zero attached hydrogens (tertiary/aromatic N) is 1. The molecular weight excluding hydrogens is 274 g/mol. The van der Waals surface area contributed by atoms with Gasteiger partial charge in [0.2, 0.25) is 5.91 Å². The number of piperidine rings is 1. The number of amides is 1. The molecule has 1 atom stereocenters. The number of nitrogens with one attached hydrogen (secondary N) is 2. The van der Waals surface area contributed by atoms with Crippen LogP contribution >= 0.6 is 11.6 Å². The summed E-state index contributed by atoms with van der Waals surface area (Å²) in [6.07, 6.45) is 2.33. The number of hydrogen-bond donors (Lipinski definition) is 2. The van der Waals surface area contributed by atoms with Crippen LogP contribution in [-0.2, 0) is 11.3 Å². The maximum absolute atomic E-state index is 12.0. The van der Waals surface area contributed by atoms with E-state index < -0.39 is 0 Å². The van der Waals surface area contributed by atoms with Crippen molar-refractivity contribution in [1.82, 2.24) is 15.5 Å². The lowest BCUT2D eigenvalue weighted by Crippen LogP contribution is -2.47. The van der Waals surface area contributed by atoms with Crippen LogP contribution < -0.4 is 10.6 Å². The first-order valence-electron chi connectivity index (χ1n) is 7.08. The summed E-state index contributed by atoms with van der Waals surface area (Å²) in [5, 5.41) is 6.91. The van der Waals surface area contributed by atoms with Crippen molar-refractivity contribution in [3.8, 4) is 0 Å². The third-order valence-corrected chi connectivity index (χ3v) is 4.08. The van der Waals surface area contributed by atoms with Crippen LogP contribution in [0.5, 0.6) is 0 Å². The molecule has 1 amide bonds. The van der Waals surface area contributed by atoms with E-state index in [0.717, 1.165) is 25.1 Å². The monoisotopic (exact) mass is 295 g/mol. The Kier molecular flexibility index (Phi) is 5.83. The molecule has 1 aromatic rings. The van der Waals surface area contributed by atoms with Gasteiger partial charge in [0, 0.05) is 24.2 Å². The SMILES string of the molecule is CNC1CCCN(CC(=O)NCc2ccccc2Cl)C1. The van der Waals surface area contributed by atoms with E-state index in [1.54, 1.807) is 0 Å². The molecule has 1 fully saturated rings. The van der Waals surface area contributed by atoms with Gasteiger partial charge in [0.25, 0.3) is 0 Å². The van der Waals surface area contributed by atoms with Crippen molar-refractivity contribution in [3.05, 3.63) is 34.9 Å². The average molecular weight is 296 g/mol. The van der Waals surface area contributed by atoms with E-state index in [2.05, 4.69) is 15.5 Å². The minimum absolute atomic E-state index is 0.0571. The highest BCUT2D eigenvalue weighted by atomic mass is 35.5. The fourth-order valence-electron chi connectivity index (χ4n) is 2.53. The molecule has 4 nitrogen and oxygen atoms in total. The van der Waals surface area contributed by atoms with Crippen molar-refractivity contribution < 1.29 is 4.79 Å². The Balaban J connectivity index is 1.77. The molecule has 2 rings (SSSR count). The zero-order valence-corrected chi connectivity index (χ0v) is 12.6. The first kappa shape index (κ1) is 15.3. The van der Waals surface area contributed by atoms with E-state index in [9.17, 15) is 4.79 Å². The van der Waals surface area contributed by atoms with Crippen molar-refractivity contribution >= 4 is 17.5 Å². The molecule has 0 aromatic heterocycles. The van der Waals surface area contributed by atoms with E-state index in [-0.39, 0.29) is 5.91 Å². The Bertz CT molecular complexity index is 452. The molecule has 1 aliphatic rings. The van der Waals surface area contributed by atoms with Gasteiger partial charge in [0.15, 0.2) is 0 Å². The van der Waals surface area contributed by atoms with Crippen LogP contribution in [-0.4, -0.2) is 43.5 Å². The molecule has 2 N–H and O–H groups in total. The van der Waals surface area contributed by atoms with Gasteiger partial charge in [-0.3, -0.25) is 9.69 Å². The third kappa shape index (κ3) is 4.47. The molecule has 1 aliphatic heterocycles. The van der Waals surface area contributed by atoms with Gasteiger partial charge in [-0.2, -0.15) is 0 Å². The molecular formula is C15H22ClN3O. The summed E-state index contributed by atoms with van der Waals surface area (Å²) in [6.45, 7) is 2.89. The molecule has 0 aliphatic carbocycles. The summed E-state index contributed by atoms with van der Waals surface area (Å²) in [5.41, 5.74) is 0.953. The maximum atomic E-state index is 12.0. The van der Waals surface area contributed by atoms with Crippen molar-refractivity contribution in [2.45, 2.75) is 25.4 Å². The van der Waals surface area contributed by atoms with E-state index in [1.165, 1.54) is 6.42 Å². The topological polar surface area (TPSA) is 44.4 Å². The quantitative estimate of drug-likeness (QED) is 0.868. The fourth-order valence-corrected chi connectivity index (χ4v) is 2.73. The normalized spacial score (nSPS) is 19.8. The van der Waals surface area contributed by atoms with E-state index >= 15 is 0 Å². The number of hydrogen-bond acceptors (Lipinski definition) is 3. The third-order valence-electron chi connectivity index (χ3n) is 3.71. The molecule has 1 aromatic carbocycles. The number of likely N-dealkylation sites (tertiary alicyclic amines) is 1. The lowest BCUT2D eigenvalue weighted by molar-refractivity contribution is -0.122. The molecule has 20 heavy (non-hydrogen) atoms. The molecule has 0 bridgehead atoms. The lowest BCUT2D eigenvalue weighted by Gasteiger charge is -2.31. The highest BCUT2D eigenvalue weighted by molar-refractivity contribution is 6.31. The van der Waals surface area contributed by atoms with Crippen LogP contribution in [0.15, 0.2) is 24.3 Å². The minimum Gasteiger partial charge on any atom is -0.351 e. The standard InChI is InChI=1S/C15H22ClN3O/c1-17-13-6-4-8-19(10-13)11-15(20)18-9-12-5-2-3-7-14(12)16/h2-3,5,7,13,17H,4,6,8-11H2,1H3,(H,18,20). The highest BCUT2D eigenvalue weighted by Crippen LogP contribution is 2.14. The van der Waals surface area contributed by atoms with Gasteiger partial charge in [0.1, 0.15) is 0 Å². The molecule has 110 valence electrons. The second kappa shape index (κ2) is 7.62. The Labute approximate surface area is 125 Å². The van der Waals surface area contributed by atoms with Gasteiger partial charge in [-0.1, -0.05) is 29.8 Å². The number of rotatable bonds is 5. The zero-order chi connectivity index (χ0) is 14.4. The van der Waals surface area contributed by atoms with Crippen molar-refractivity contribution in [2.75, 3.05) is 26.7 Å². The Morgan fingerprint density at radius 3 is 3.00 bits per heavy atom. The van der Waals surface area contributed by atoms with Gasteiger partial charge in [0.05, 0.1) is 6.54 Å². The number of benzene rings is 1. The average Bonchev–Trinajstić information content (AvgIpc) is 2.46. The molecule has 1 heterocycles. The number of carbonyl (C=O) groups is 1. The van der Waals surface area contributed by atoms with Crippen molar-refractivity contribution in [1.29, 1.82) is 0 Å². The first-order chi connectivity index (χ1) is 9.69. The Hall–Kier alpha value is -1.10. The predicted octanol–water partition coefficient (Wildman–Crippen LogP) is 1.64. The second-order valence-corrected chi connectivity index (χ2v) is 5.64. The van der Waals surface area contributed by atoms with Crippen molar-refractivity contribution in [3.63, 3.8) is 0 Å². The van der Waals surface area contributed by atoms with Crippen LogP contribution in [0.4, 0.5) is 0 Å². The molecule has 0 radical (unpaired) electrons. The van der Waals surface area contributed by atoms with E-state index in [1.807, 2.05) is 31.3 Å². The van der Waals surface area contributed by atoms with Crippen LogP contribution in [0.2, 0.25) is 5.02 Å². The smallest absolute Gasteiger partial charge is 0.234 e. The summed E-state index contributed by atoms with van der Waals surface area (Å²) in [6, 6.07) is 8.08. The minimum atomic E-state index is 0.0571. The van der Waals surface area contributed by atoms with Crippen LogP contribution in [0, 0.1) is 0 Å². The van der Waals surface area contributed by atoms with Gasteiger partial charge in [-0.05, 0) is 38.1 Å². The van der Waals surface area contributed by atoms with Gasteiger partial charge >= 0.3 is 0 Å². The summed E-state index contributed by atoms with van der Waals surface area (Å²) < 4.78 is 0. The summed E-state index contributed by atoms with van der Waals surface area (Å²) in [4.78, 5) is 14.2. The molecule has 1 unspecified atom stereocenters. The van der Waals surface area contributed by atoms with Crippen LogP contribution in [0.1, 0.15) is 18.4 Å². The predicted molar refractivity (Wildman–Crippen MR) is 81.8 cm³/mol. The Morgan fingerprint density at radius 2 is 2.25 bits per heavy atom. The van der Waals surface area contributed by atoms with Gasteiger partial charge < -0.3 is 10.6 Å². The number of halogens is 1. The Morgan fingerprint density at radius 1 is 1.45 bits per heavy atom. The summed E-state index contributed by atoms with van der Waals surface area (Å²) in [7, 11) is 1.98. The fraction of sp³-hybridized carbons (Fsp3) is 0.533. The van der Waals surface area contributed by atoms with E-state index in [0.29, 0.717) is 24.2 Å². The second-order valence-electron chi connectivity index (χ2n) is 5.23. The van der Waals surface area contributed by atoms with Gasteiger partial charge in [-0.15, -0.1) is 0 Å². The van der Waals surface area contributed by atoms with Crippen molar-refractivity contribution in [2.24, 2.45) is 0 Å². The largest absolute Gasteiger partial charge is 0.351 e. The lowest BCUT2D eigenvalue weighted by atomic mass is 10.1. The van der Waals surface area contributed by atoms with Crippen LogP contribution in [0.3, 0.4) is 0 Å². The molecule has 5 heteroatoms. The molecule has 0 saturated carbocycles. The van der Waals surface area contributed by atoms with Crippen LogP contribution in [0.25, 0.3) is 0 Å². The zero-order valence-electron chi connectivity index (χ0n) is 11.9. The first-order valence-corrected chi connectivity index (χ1v) is 7.46. The van der Waals surface area contributed by atoms with Gasteiger partial charge in [-0.25, -0.2) is 0 Å². The highest BCUT2D eigenvalue weighted by Gasteiger charge is 2.20. The molecule has 1 saturated heterocycles. The summed E-state index contributed by atoms with van der Waals surface area (Å²) >= 11 is 6.07. The number of carbonyl (C=O) groups excluding carboxylic acids is 1. The number of likely N-dealkylation sites (N-methyl/N-ethyl adjacent to an activating group) is 1. The maximum Gasteiger partial charge on any atom is 0.234 e. The molecule has 0 spiro atoms.